The number of benzene rings is 1. The SMILES string of the molecule is COc1ccccc1-c1cc(CNC(C)C)on1. The first-order valence-electron chi connectivity index (χ1n) is 6.03. The topological polar surface area (TPSA) is 47.3 Å². The van der Waals surface area contributed by atoms with Crippen molar-refractivity contribution in [2.45, 2.75) is 26.4 Å². The van der Waals surface area contributed by atoms with Gasteiger partial charge < -0.3 is 14.6 Å². The molecule has 4 heteroatoms. The smallest absolute Gasteiger partial charge is 0.151 e. The molecule has 2 aromatic rings. The van der Waals surface area contributed by atoms with Gasteiger partial charge in [-0.1, -0.05) is 31.1 Å². The van der Waals surface area contributed by atoms with Crippen molar-refractivity contribution in [2.75, 3.05) is 7.11 Å². The van der Waals surface area contributed by atoms with Crippen molar-refractivity contribution in [3.63, 3.8) is 0 Å². The number of ether oxygens (including phenoxy) is 1. The molecule has 4 nitrogen and oxygen atoms in total. The zero-order valence-corrected chi connectivity index (χ0v) is 10.9. The van der Waals surface area contributed by atoms with Gasteiger partial charge in [0.25, 0.3) is 0 Å². The van der Waals surface area contributed by atoms with Gasteiger partial charge in [-0.25, -0.2) is 0 Å². The number of nitrogens with zero attached hydrogens (tertiary/aromatic N) is 1. The molecule has 0 fully saturated rings. The number of hydrogen-bond donors (Lipinski definition) is 1. The van der Waals surface area contributed by atoms with Crippen LogP contribution >= 0.6 is 0 Å². The minimum Gasteiger partial charge on any atom is -0.496 e. The van der Waals surface area contributed by atoms with Crippen LogP contribution in [0.4, 0.5) is 0 Å². The van der Waals surface area contributed by atoms with Crippen molar-refractivity contribution < 1.29 is 9.26 Å². The Morgan fingerprint density at radius 2 is 2.11 bits per heavy atom. The molecule has 2 rings (SSSR count). The van der Waals surface area contributed by atoms with Gasteiger partial charge in [-0.2, -0.15) is 0 Å². The van der Waals surface area contributed by atoms with E-state index in [-0.39, 0.29) is 0 Å². The van der Waals surface area contributed by atoms with Gasteiger partial charge in [0.15, 0.2) is 5.76 Å². The highest BCUT2D eigenvalue weighted by Gasteiger charge is 2.10. The van der Waals surface area contributed by atoms with Crippen LogP contribution in [0.5, 0.6) is 5.75 Å². The van der Waals surface area contributed by atoms with Crippen molar-refractivity contribution in [1.82, 2.24) is 10.5 Å². The van der Waals surface area contributed by atoms with Crippen LogP contribution in [0.1, 0.15) is 19.6 Å². The maximum absolute atomic E-state index is 5.31. The van der Waals surface area contributed by atoms with Crippen LogP contribution in [0.15, 0.2) is 34.9 Å². The Balaban J connectivity index is 2.18. The number of hydrogen-bond acceptors (Lipinski definition) is 4. The van der Waals surface area contributed by atoms with Crippen LogP contribution < -0.4 is 10.1 Å². The molecule has 0 atom stereocenters. The second kappa shape index (κ2) is 5.69. The van der Waals surface area contributed by atoms with Crippen LogP contribution in [-0.4, -0.2) is 18.3 Å². The molecule has 0 aliphatic rings. The molecule has 18 heavy (non-hydrogen) atoms. The van der Waals surface area contributed by atoms with Gasteiger partial charge in [-0.05, 0) is 12.1 Å². The predicted molar refractivity (Wildman–Crippen MR) is 70.5 cm³/mol. The Kier molecular flexibility index (Phi) is 3.99. The predicted octanol–water partition coefficient (Wildman–Crippen LogP) is 2.85. The lowest BCUT2D eigenvalue weighted by molar-refractivity contribution is 0.368. The van der Waals surface area contributed by atoms with E-state index in [1.54, 1.807) is 7.11 Å². The lowest BCUT2D eigenvalue weighted by Crippen LogP contribution is -2.21. The molecule has 1 aromatic heterocycles. The Morgan fingerprint density at radius 1 is 1.33 bits per heavy atom. The summed E-state index contributed by atoms with van der Waals surface area (Å²) >= 11 is 0. The van der Waals surface area contributed by atoms with E-state index < -0.39 is 0 Å². The molecular weight excluding hydrogens is 228 g/mol. The zero-order chi connectivity index (χ0) is 13.0. The van der Waals surface area contributed by atoms with Crippen molar-refractivity contribution in [3.05, 3.63) is 36.1 Å². The molecule has 0 bridgehead atoms. The lowest BCUT2D eigenvalue weighted by atomic mass is 10.1. The van der Waals surface area contributed by atoms with Gasteiger partial charge in [0.2, 0.25) is 0 Å². The molecule has 1 aromatic carbocycles. The molecular formula is C14H18N2O2. The van der Waals surface area contributed by atoms with Crippen LogP contribution in [-0.2, 0) is 6.54 Å². The number of rotatable bonds is 5. The molecule has 1 N–H and O–H groups in total. The maximum Gasteiger partial charge on any atom is 0.151 e. The Morgan fingerprint density at radius 3 is 2.83 bits per heavy atom. The van der Waals surface area contributed by atoms with E-state index in [0.29, 0.717) is 12.6 Å². The van der Waals surface area contributed by atoms with E-state index >= 15 is 0 Å². The highest BCUT2D eigenvalue weighted by atomic mass is 16.5. The molecule has 0 amide bonds. The summed E-state index contributed by atoms with van der Waals surface area (Å²) in [6.07, 6.45) is 0. The second-order valence-electron chi connectivity index (χ2n) is 4.41. The van der Waals surface area contributed by atoms with Crippen molar-refractivity contribution in [3.8, 4) is 17.0 Å². The molecule has 0 radical (unpaired) electrons. The third-order valence-electron chi connectivity index (χ3n) is 2.63. The average Bonchev–Trinajstić information content (AvgIpc) is 2.85. The summed E-state index contributed by atoms with van der Waals surface area (Å²) in [5.74, 6) is 1.62. The minimum atomic E-state index is 0.421. The van der Waals surface area contributed by atoms with E-state index in [4.69, 9.17) is 9.26 Å². The van der Waals surface area contributed by atoms with Crippen molar-refractivity contribution in [1.29, 1.82) is 0 Å². The molecule has 0 saturated carbocycles. The largest absolute Gasteiger partial charge is 0.496 e. The Hall–Kier alpha value is -1.81. The molecule has 0 aliphatic carbocycles. The number of aromatic nitrogens is 1. The third-order valence-corrected chi connectivity index (χ3v) is 2.63. The first kappa shape index (κ1) is 12.6. The summed E-state index contributed by atoms with van der Waals surface area (Å²) in [7, 11) is 1.65. The first-order valence-corrected chi connectivity index (χ1v) is 6.03. The van der Waals surface area contributed by atoms with E-state index in [9.17, 15) is 0 Å². The van der Waals surface area contributed by atoms with Gasteiger partial charge in [0.05, 0.1) is 13.7 Å². The number of para-hydroxylation sites is 1. The Bertz CT molecular complexity index is 506. The molecule has 96 valence electrons. The lowest BCUT2D eigenvalue weighted by Gasteiger charge is -2.04. The first-order chi connectivity index (χ1) is 8.70. The molecule has 0 spiro atoms. The van der Waals surface area contributed by atoms with Gasteiger partial charge in [-0.3, -0.25) is 0 Å². The number of nitrogens with one attached hydrogen (secondary N) is 1. The Labute approximate surface area is 107 Å². The average molecular weight is 246 g/mol. The van der Waals surface area contributed by atoms with Crippen LogP contribution in [0, 0.1) is 0 Å². The normalized spacial score (nSPS) is 10.9. The molecule has 1 heterocycles. The summed E-state index contributed by atoms with van der Waals surface area (Å²) in [5, 5.41) is 7.37. The zero-order valence-electron chi connectivity index (χ0n) is 10.9. The van der Waals surface area contributed by atoms with Gasteiger partial charge in [0, 0.05) is 17.7 Å². The van der Waals surface area contributed by atoms with Crippen LogP contribution in [0.25, 0.3) is 11.3 Å². The van der Waals surface area contributed by atoms with Crippen LogP contribution in [0.2, 0.25) is 0 Å². The fourth-order valence-corrected chi connectivity index (χ4v) is 1.68. The summed E-state index contributed by atoms with van der Waals surface area (Å²) in [5.41, 5.74) is 1.74. The molecule has 0 aliphatic heterocycles. The van der Waals surface area contributed by atoms with Gasteiger partial charge in [-0.15, -0.1) is 0 Å². The summed E-state index contributed by atoms with van der Waals surface area (Å²) in [6, 6.07) is 10.1. The molecule has 0 unspecified atom stereocenters. The standard InChI is InChI=1S/C14H18N2O2/c1-10(2)15-9-11-8-13(16-18-11)12-6-4-5-7-14(12)17-3/h4-8,10,15H,9H2,1-3H3. The minimum absolute atomic E-state index is 0.421. The number of methoxy groups -OCH3 is 1. The van der Waals surface area contributed by atoms with E-state index in [1.165, 1.54) is 0 Å². The summed E-state index contributed by atoms with van der Waals surface area (Å²) in [4.78, 5) is 0. The second-order valence-corrected chi connectivity index (χ2v) is 4.41. The highest BCUT2D eigenvalue weighted by molar-refractivity contribution is 5.66. The summed E-state index contributed by atoms with van der Waals surface area (Å²) < 4.78 is 10.6. The third kappa shape index (κ3) is 2.90. The fraction of sp³-hybridized carbons (Fsp3) is 0.357. The van der Waals surface area contributed by atoms with E-state index in [1.807, 2.05) is 30.3 Å². The quantitative estimate of drug-likeness (QED) is 0.881. The van der Waals surface area contributed by atoms with Crippen molar-refractivity contribution in [2.24, 2.45) is 0 Å². The van der Waals surface area contributed by atoms with Crippen LogP contribution in [0.3, 0.4) is 0 Å². The van der Waals surface area contributed by atoms with E-state index in [0.717, 1.165) is 22.8 Å². The highest BCUT2D eigenvalue weighted by Crippen LogP contribution is 2.28. The fourth-order valence-electron chi connectivity index (χ4n) is 1.68. The summed E-state index contributed by atoms with van der Waals surface area (Å²) in [6.45, 7) is 4.87. The van der Waals surface area contributed by atoms with Gasteiger partial charge in [0.1, 0.15) is 11.4 Å². The molecule has 0 saturated heterocycles. The van der Waals surface area contributed by atoms with Gasteiger partial charge >= 0.3 is 0 Å². The maximum atomic E-state index is 5.31. The van der Waals surface area contributed by atoms with Crippen molar-refractivity contribution >= 4 is 0 Å². The monoisotopic (exact) mass is 246 g/mol. The van der Waals surface area contributed by atoms with E-state index in [2.05, 4.69) is 24.3 Å².